The van der Waals surface area contributed by atoms with Crippen molar-refractivity contribution in [3.8, 4) is 0 Å². The summed E-state index contributed by atoms with van der Waals surface area (Å²) in [6.45, 7) is 9.63. The molecule has 1 aliphatic carbocycles. The molecule has 1 heterocycles. The fourth-order valence-corrected chi connectivity index (χ4v) is 1.67. The van der Waals surface area contributed by atoms with Crippen molar-refractivity contribution in [2.75, 3.05) is 0 Å². The van der Waals surface area contributed by atoms with E-state index in [-0.39, 0.29) is 28.8 Å². The van der Waals surface area contributed by atoms with E-state index in [0.29, 0.717) is 5.69 Å². The zero-order valence-corrected chi connectivity index (χ0v) is 13.4. The maximum Gasteiger partial charge on any atom is 0.203 e. The lowest BCUT2D eigenvalue weighted by molar-refractivity contribution is 0.457. The average molecular weight is 301 g/mol. The number of hydrogen-bond acceptors (Lipinski definition) is 2. The van der Waals surface area contributed by atoms with E-state index in [1.807, 2.05) is 27.7 Å². The quantitative estimate of drug-likeness (QED) is 0.764. The second-order valence-corrected chi connectivity index (χ2v) is 4.04. The van der Waals surface area contributed by atoms with Crippen LogP contribution in [0.25, 0.3) is 0 Å². The van der Waals surface area contributed by atoms with E-state index >= 15 is 0 Å². The lowest BCUT2D eigenvalue weighted by Crippen LogP contribution is -2.18. The molecule has 0 aromatic carbocycles. The van der Waals surface area contributed by atoms with Crippen molar-refractivity contribution in [1.82, 2.24) is 9.78 Å². The van der Waals surface area contributed by atoms with Gasteiger partial charge >= 0.3 is 0 Å². The van der Waals surface area contributed by atoms with Crippen molar-refractivity contribution in [3.05, 3.63) is 51.2 Å². The number of allylic oxidation sites excluding steroid dienone is 4. The minimum atomic E-state index is -0.354. The third-order valence-corrected chi connectivity index (χ3v) is 2.78. The van der Waals surface area contributed by atoms with E-state index in [4.69, 9.17) is 11.6 Å². The lowest BCUT2D eigenvalue weighted by atomic mass is 10.1. The molecular formula is C15H22ClFN2O. The molecule has 0 fully saturated rings. The topological polar surface area (TPSA) is 34.9 Å². The van der Waals surface area contributed by atoms with Crippen molar-refractivity contribution < 1.29 is 4.39 Å². The number of hydrogen-bond donors (Lipinski definition) is 0. The first-order valence-corrected chi connectivity index (χ1v) is 7.24. The van der Waals surface area contributed by atoms with Crippen LogP contribution in [0.3, 0.4) is 0 Å². The minimum Gasteiger partial charge on any atom is -0.288 e. The van der Waals surface area contributed by atoms with E-state index in [1.165, 1.54) is 12.1 Å². The first-order valence-electron chi connectivity index (χ1n) is 6.86. The Hall–Kier alpha value is -1.42. The van der Waals surface area contributed by atoms with Crippen LogP contribution < -0.4 is 5.43 Å². The summed E-state index contributed by atoms with van der Waals surface area (Å²) < 4.78 is 14.9. The molecule has 0 radical (unpaired) electrons. The fourth-order valence-electron chi connectivity index (χ4n) is 1.52. The summed E-state index contributed by atoms with van der Waals surface area (Å²) >= 11 is 5.61. The maximum absolute atomic E-state index is 13.3. The number of rotatable bonds is 1. The SMILES string of the molecule is CC.CC.Cc1nn(C2C=CC(Cl)=C(F)C2)ccc1=O. The molecule has 0 saturated carbocycles. The average Bonchev–Trinajstić information content (AvgIpc) is 2.49. The Morgan fingerprint density at radius 3 is 2.45 bits per heavy atom. The molecule has 0 bridgehead atoms. The Bertz CT molecular complexity index is 535. The second-order valence-electron chi connectivity index (χ2n) is 3.63. The molecule has 20 heavy (non-hydrogen) atoms. The molecule has 2 rings (SSSR count). The van der Waals surface area contributed by atoms with Gasteiger partial charge in [0.05, 0.1) is 11.1 Å². The van der Waals surface area contributed by atoms with Crippen molar-refractivity contribution in [1.29, 1.82) is 0 Å². The number of nitrogens with zero attached hydrogens (tertiary/aromatic N) is 2. The Morgan fingerprint density at radius 1 is 1.35 bits per heavy atom. The van der Waals surface area contributed by atoms with E-state index in [0.717, 1.165) is 0 Å². The first kappa shape index (κ1) is 18.6. The normalized spacial score (nSPS) is 16.9. The molecule has 1 unspecified atom stereocenters. The van der Waals surface area contributed by atoms with E-state index in [1.54, 1.807) is 23.9 Å². The Balaban J connectivity index is 0.000000829. The Morgan fingerprint density at radius 2 is 1.95 bits per heavy atom. The minimum absolute atomic E-state index is 0.120. The van der Waals surface area contributed by atoms with Crippen LogP contribution in [0.4, 0.5) is 4.39 Å². The zero-order chi connectivity index (χ0) is 15.7. The largest absolute Gasteiger partial charge is 0.288 e. The van der Waals surface area contributed by atoms with Crippen LogP contribution in [0.2, 0.25) is 0 Å². The lowest BCUT2D eigenvalue weighted by Gasteiger charge is -2.18. The van der Waals surface area contributed by atoms with Crippen LogP contribution in [0, 0.1) is 6.92 Å². The van der Waals surface area contributed by atoms with Gasteiger partial charge in [-0.3, -0.25) is 9.48 Å². The van der Waals surface area contributed by atoms with Gasteiger partial charge in [-0.2, -0.15) is 5.10 Å². The highest BCUT2D eigenvalue weighted by Crippen LogP contribution is 2.29. The van der Waals surface area contributed by atoms with Crippen LogP contribution in [-0.4, -0.2) is 9.78 Å². The van der Waals surface area contributed by atoms with Gasteiger partial charge in [0.15, 0.2) is 0 Å². The predicted molar refractivity (Wildman–Crippen MR) is 82.7 cm³/mol. The third kappa shape index (κ3) is 4.93. The first-order chi connectivity index (χ1) is 9.58. The number of aromatic nitrogens is 2. The van der Waals surface area contributed by atoms with Crippen molar-refractivity contribution in [3.63, 3.8) is 0 Å². The molecule has 3 nitrogen and oxygen atoms in total. The molecule has 1 atom stereocenters. The second kappa shape index (κ2) is 9.48. The monoisotopic (exact) mass is 300 g/mol. The van der Waals surface area contributed by atoms with Crippen LogP contribution in [-0.2, 0) is 0 Å². The molecule has 0 aliphatic heterocycles. The number of halogens is 2. The van der Waals surface area contributed by atoms with Gasteiger partial charge in [-0.15, -0.1) is 0 Å². The summed E-state index contributed by atoms with van der Waals surface area (Å²) in [4.78, 5) is 11.2. The molecule has 0 saturated heterocycles. The molecule has 1 aromatic rings. The van der Waals surface area contributed by atoms with Crippen LogP contribution in [0.15, 0.2) is 40.1 Å². The van der Waals surface area contributed by atoms with E-state index < -0.39 is 0 Å². The molecule has 1 aliphatic rings. The summed E-state index contributed by atoms with van der Waals surface area (Å²) in [5.41, 5.74) is 0.280. The van der Waals surface area contributed by atoms with Crippen LogP contribution in [0.5, 0.6) is 0 Å². The van der Waals surface area contributed by atoms with Gasteiger partial charge in [0.2, 0.25) is 5.43 Å². The van der Waals surface area contributed by atoms with Crippen LogP contribution >= 0.6 is 11.6 Å². The highest BCUT2D eigenvalue weighted by molar-refractivity contribution is 6.31. The Labute approximate surface area is 124 Å². The molecule has 112 valence electrons. The predicted octanol–water partition coefficient (Wildman–Crippen LogP) is 4.53. The van der Waals surface area contributed by atoms with Crippen molar-refractivity contribution in [2.24, 2.45) is 0 Å². The van der Waals surface area contributed by atoms with Gasteiger partial charge < -0.3 is 0 Å². The maximum atomic E-state index is 13.3. The standard InChI is InChI=1S/C11H10ClFN2O.2C2H6/c1-7-11(16)4-5-15(14-7)8-2-3-9(12)10(13)6-8;2*1-2/h2-5,8H,6H2,1H3;2*1-2H3. The highest BCUT2D eigenvalue weighted by atomic mass is 35.5. The summed E-state index contributed by atoms with van der Waals surface area (Å²) in [6.07, 6.45) is 5.00. The van der Waals surface area contributed by atoms with Gasteiger partial charge in [0, 0.05) is 18.7 Å². The summed E-state index contributed by atoms with van der Waals surface area (Å²) in [7, 11) is 0. The van der Waals surface area contributed by atoms with E-state index in [9.17, 15) is 9.18 Å². The van der Waals surface area contributed by atoms with Gasteiger partial charge in [-0.25, -0.2) is 4.39 Å². The summed E-state index contributed by atoms with van der Waals surface area (Å²) in [6, 6.07) is 1.20. The molecule has 5 heteroatoms. The summed E-state index contributed by atoms with van der Waals surface area (Å²) in [5, 5.41) is 4.21. The molecule has 0 spiro atoms. The van der Waals surface area contributed by atoms with Gasteiger partial charge in [0.25, 0.3) is 0 Å². The summed E-state index contributed by atoms with van der Waals surface area (Å²) in [5.74, 6) is -0.354. The smallest absolute Gasteiger partial charge is 0.203 e. The fraction of sp³-hybridized carbons (Fsp3) is 0.467. The van der Waals surface area contributed by atoms with Crippen LogP contribution in [0.1, 0.15) is 45.9 Å². The number of aryl methyl sites for hydroxylation is 1. The molecule has 0 amide bonds. The van der Waals surface area contributed by atoms with Gasteiger partial charge in [-0.05, 0) is 13.0 Å². The highest BCUT2D eigenvalue weighted by Gasteiger charge is 2.17. The van der Waals surface area contributed by atoms with Gasteiger partial charge in [0.1, 0.15) is 11.5 Å². The van der Waals surface area contributed by atoms with Crippen molar-refractivity contribution in [2.45, 2.75) is 47.1 Å². The van der Waals surface area contributed by atoms with E-state index in [2.05, 4.69) is 5.10 Å². The molecular weight excluding hydrogens is 279 g/mol. The molecule has 0 N–H and O–H groups in total. The van der Waals surface area contributed by atoms with Gasteiger partial charge in [-0.1, -0.05) is 45.4 Å². The molecule has 1 aromatic heterocycles. The zero-order valence-electron chi connectivity index (χ0n) is 12.7. The third-order valence-electron chi connectivity index (χ3n) is 2.45. The Kier molecular flexibility index (Phi) is 8.81. The van der Waals surface area contributed by atoms with Crippen molar-refractivity contribution >= 4 is 11.6 Å².